The average Bonchev–Trinajstić information content (AvgIpc) is 2.70. The second-order valence-electron chi connectivity index (χ2n) is 4.39. The first-order chi connectivity index (χ1) is 8.16. The van der Waals surface area contributed by atoms with Gasteiger partial charge in [0.2, 0.25) is 0 Å². The Morgan fingerprint density at radius 1 is 1.24 bits per heavy atom. The first kappa shape index (κ1) is 11.8. The van der Waals surface area contributed by atoms with Crippen molar-refractivity contribution in [3.05, 3.63) is 47.0 Å². The molecule has 0 bridgehead atoms. The van der Waals surface area contributed by atoms with E-state index < -0.39 is 0 Å². The highest BCUT2D eigenvalue weighted by molar-refractivity contribution is 5.30. The van der Waals surface area contributed by atoms with Crippen LogP contribution in [0.15, 0.2) is 24.5 Å². The van der Waals surface area contributed by atoms with Gasteiger partial charge < -0.3 is 9.88 Å². The van der Waals surface area contributed by atoms with E-state index in [4.69, 9.17) is 0 Å². The van der Waals surface area contributed by atoms with Crippen molar-refractivity contribution in [2.75, 3.05) is 0 Å². The Kier molecular flexibility index (Phi) is 3.54. The monoisotopic (exact) mass is 230 g/mol. The zero-order valence-corrected chi connectivity index (χ0v) is 10.6. The standard InChI is InChI=1S/C13H18N4/c1-10-4-5-11(2)12(6-10)7-14-8-13-16-15-9-17(13)3/h4-6,9,14H,7-8H2,1-3H3. The number of aromatic nitrogens is 3. The van der Waals surface area contributed by atoms with Crippen molar-refractivity contribution in [1.82, 2.24) is 20.1 Å². The molecule has 4 nitrogen and oxygen atoms in total. The molecule has 1 N–H and O–H groups in total. The molecular formula is C13H18N4. The highest BCUT2D eigenvalue weighted by atomic mass is 15.3. The van der Waals surface area contributed by atoms with E-state index in [2.05, 4.69) is 47.6 Å². The number of aryl methyl sites for hydroxylation is 3. The SMILES string of the molecule is Cc1ccc(C)c(CNCc2nncn2C)c1. The minimum Gasteiger partial charge on any atom is -0.320 e. The number of hydrogen-bond acceptors (Lipinski definition) is 3. The lowest BCUT2D eigenvalue weighted by molar-refractivity contribution is 0.635. The lowest BCUT2D eigenvalue weighted by atomic mass is 10.1. The van der Waals surface area contributed by atoms with Crippen LogP contribution in [0.3, 0.4) is 0 Å². The van der Waals surface area contributed by atoms with Crippen molar-refractivity contribution >= 4 is 0 Å². The normalized spacial score (nSPS) is 10.8. The van der Waals surface area contributed by atoms with Crippen LogP contribution in [0.1, 0.15) is 22.5 Å². The highest BCUT2D eigenvalue weighted by Crippen LogP contribution is 2.10. The summed E-state index contributed by atoms with van der Waals surface area (Å²) in [5.74, 6) is 0.954. The lowest BCUT2D eigenvalue weighted by Gasteiger charge is -2.08. The van der Waals surface area contributed by atoms with Gasteiger partial charge in [-0.2, -0.15) is 0 Å². The van der Waals surface area contributed by atoms with Crippen LogP contribution < -0.4 is 5.32 Å². The van der Waals surface area contributed by atoms with Gasteiger partial charge in [0.15, 0.2) is 0 Å². The van der Waals surface area contributed by atoms with Crippen molar-refractivity contribution in [2.24, 2.45) is 7.05 Å². The number of hydrogen-bond donors (Lipinski definition) is 1. The maximum Gasteiger partial charge on any atom is 0.146 e. The molecule has 0 saturated heterocycles. The Morgan fingerprint density at radius 3 is 2.76 bits per heavy atom. The molecule has 4 heteroatoms. The smallest absolute Gasteiger partial charge is 0.146 e. The molecule has 1 aromatic carbocycles. The van der Waals surface area contributed by atoms with Crippen LogP contribution in [-0.4, -0.2) is 14.8 Å². The molecule has 0 atom stereocenters. The zero-order chi connectivity index (χ0) is 12.3. The van der Waals surface area contributed by atoms with Crippen LogP contribution in [0.2, 0.25) is 0 Å². The van der Waals surface area contributed by atoms with E-state index in [0.29, 0.717) is 0 Å². The summed E-state index contributed by atoms with van der Waals surface area (Å²) < 4.78 is 1.93. The fourth-order valence-electron chi connectivity index (χ4n) is 1.77. The molecule has 17 heavy (non-hydrogen) atoms. The average molecular weight is 230 g/mol. The Hall–Kier alpha value is -1.68. The van der Waals surface area contributed by atoms with Gasteiger partial charge in [-0.15, -0.1) is 10.2 Å². The largest absolute Gasteiger partial charge is 0.320 e. The molecule has 0 radical (unpaired) electrons. The van der Waals surface area contributed by atoms with E-state index in [0.717, 1.165) is 18.9 Å². The second kappa shape index (κ2) is 5.10. The lowest BCUT2D eigenvalue weighted by Crippen LogP contribution is -2.16. The second-order valence-corrected chi connectivity index (χ2v) is 4.39. The van der Waals surface area contributed by atoms with Gasteiger partial charge >= 0.3 is 0 Å². The molecular weight excluding hydrogens is 212 g/mol. The van der Waals surface area contributed by atoms with Crippen LogP contribution in [0.4, 0.5) is 0 Å². The van der Waals surface area contributed by atoms with Gasteiger partial charge in [0.1, 0.15) is 12.2 Å². The van der Waals surface area contributed by atoms with Crippen LogP contribution in [0.25, 0.3) is 0 Å². The van der Waals surface area contributed by atoms with Crippen molar-refractivity contribution in [1.29, 1.82) is 0 Å². The molecule has 0 amide bonds. The third kappa shape index (κ3) is 2.91. The van der Waals surface area contributed by atoms with Gasteiger partial charge in [0.05, 0.1) is 6.54 Å². The number of nitrogens with zero attached hydrogens (tertiary/aromatic N) is 3. The van der Waals surface area contributed by atoms with Gasteiger partial charge in [-0.3, -0.25) is 0 Å². The van der Waals surface area contributed by atoms with Crippen molar-refractivity contribution in [2.45, 2.75) is 26.9 Å². The molecule has 2 aromatic rings. The topological polar surface area (TPSA) is 42.7 Å². The summed E-state index contributed by atoms with van der Waals surface area (Å²) in [4.78, 5) is 0. The van der Waals surface area contributed by atoms with E-state index >= 15 is 0 Å². The van der Waals surface area contributed by atoms with Crippen molar-refractivity contribution in [3.63, 3.8) is 0 Å². The number of nitrogens with one attached hydrogen (secondary N) is 1. The van der Waals surface area contributed by atoms with Gasteiger partial charge in [-0.05, 0) is 25.0 Å². The first-order valence-electron chi connectivity index (χ1n) is 5.76. The molecule has 0 unspecified atom stereocenters. The quantitative estimate of drug-likeness (QED) is 0.869. The van der Waals surface area contributed by atoms with E-state index in [1.54, 1.807) is 6.33 Å². The van der Waals surface area contributed by atoms with E-state index in [1.165, 1.54) is 16.7 Å². The summed E-state index contributed by atoms with van der Waals surface area (Å²) in [6.45, 7) is 5.86. The molecule has 0 aliphatic heterocycles. The molecule has 0 saturated carbocycles. The summed E-state index contributed by atoms with van der Waals surface area (Å²) in [5.41, 5.74) is 3.96. The van der Waals surface area contributed by atoms with Gasteiger partial charge in [0, 0.05) is 13.6 Å². The molecule has 1 heterocycles. The van der Waals surface area contributed by atoms with Crippen molar-refractivity contribution < 1.29 is 0 Å². The minimum absolute atomic E-state index is 0.740. The Bertz CT molecular complexity index is 502. The van der Waals surface area contributed by atoms with Gasteiger partial charge in [0.25, 0.3) is 0 Å². The predicted molar refractivity (Wildman–Crippen MR) is 67.5 cm³/mol. The van der Waals surface area contributed by atoms with Crippen LogP contribution in [0.5, 0.6) is 0 Å². The molecule has 0 aliphatic rings. The van der Waals surface area contributed by atoms with Gasteiger partial charge in [-0.1, -0.05) is 23.8 Å². The molecule has 0 aliphatic carbocycles. The molecule has 0 spiro atoms. The third-order valence-electron chi connectivity index (χ3n) is 2.91. The summed E-state index contributed by atoms with van der Waals surface area (Å²) in [6.07, 6.45) is 1.72. The summed E-state index contributed by atoms with van der Waals surface area (Å²) in [6, 6.07) is 6.52. The Balaban J connectivity index is 1.94. The highest BCUT2D eigenvalue weighted by Gasteiger charge is 2.01. The zero-order valence-electron chi connectivity index (χ0n) is 10.6. The summed E-state index contributed by atoms with van der Waals surface area (Å²) in [7, 11) is 1.95. The first-order valence-corrected chi connectivity index (χ1v) is 5.76. The predicted octanol–water partition coefficient (Wildman–Crippen LogP) is 1.72. The maximum absolute atomic E-state index is 4.04. The van der Waals surface area contributed by atoms with E-state index in [-0.39, 0.29) is 0 Å². The van der Waals surface area contributed by atoms with E-state index in [1.807, 2.05) is 11.6 Å². The summed E-state index contributed by atoms with van der Waals surface area (Å²) >= 11 is 0. The minimum atomic E-state index is 0.740. The molecule has 1 aromatic heterocycles. The molecule has 90 valence electrons. The third-order valence-corrected chi connectivity index (χ3v) is 2.91. The molecule has 2 rings (SSSR count). The Morgan fingerprint density at radius 2 is 2.06 bits per heavy atom. The molecule has 0 fully saturated rings. The Labute approximate surface area is 102 Å². The fraction of sp³-hybridized carbons (Fsp3) is 0.385. The van der Waals surface area contributed by atoms with Crippen LogP contribution >= 0.6 is 0 Å². The van der Waals surface area contributed by atoms with E-state index in [9.17, 15) is 0 Å². The van der Waals surface area contributed by atoms with Crippen molar-refractivity contribution in [3.8, 4) is 0 Å². The van der Waals surface area contributed by atoms with Crippen LogP contribution in [0, 0.1) is 13.8 Å². The fourth-order valence-corrected chi connectivity index (χ4v) is 1.77. The van der Waals surface area contributed by atoms with Gasteiger partial charge in [-0.25, -0.2) is 0 Å². The summed E-state index contributed by atoms with van der Waals surface area (Å²) in [5, 5.41) is 11.3. The number of benzene rings is 1. The maximum atomic E-state index is 4.04. The van der Waals surface area contributed by atoms with Crippen LogP contribution in [-0.2, 0) is 20.1 Å². The number of rotatable bonds is 4.